The van der Waals surface area contributed by atoms with Crippen molar-refractivity contribution in [2.24, 2.45) is 5.92 Å². The first kappa shape index (κ1) is 16.4. The Balaban J connectivity index is 1.58. The molecule has 1 amide bonds. The maximum Gasteiger partial charge on any atom is 0.223 e. The summed E-state index contributed by atoms with van der Waals surface area (Å²) in [6.45, 7) is 1.01. The summed E-state index contributed by atoms with van der Waals surface area (Å²) < 4.78 is 11.3. The van der Waals surface area contributed by atoms with Gasteiger partial charge in [-0.15, -0.1) is 0 Å². The zero-order valence-electron chi connectivity index (χ0n) is 14.0. The van der Waals surface area contributed by atoms with Crippen molar-refractivity contribution in [1.82, 2.24) is 5.32 Å². The van der Waals surface area contributed by atoms with Gasteiger partial charge in [0.25, 0.3) is 0 Å². The molecule has 0 aliphatic heterocycles. The van der Waals surface area contributed by atoms with Gasteiger partial charge in [-0.05, 0) is 36.1 Å². The molecule has 1 fully saturated rings. The number of carbonyl (C=O) groups excluding carboxylic acids is 1. The number of rotatable bonds is 7. The fourth-order valence-electron chi connectivity index (χ4n) is 2.68. The predicted octanol–water partition coefficient (Wildman–Crippen LogP) is 3.69. The van der Waals surface area contributed by atoms with Crippen LogP contribution in [0.15, 0.2) is 48.5 Å². The van der Waals surface area contributed by atoms with Crippen molar-refractivity contribution in [2.75, 3.05) is 7.11 Å². The zero-order valence-corrected chi connectivity index (χ0v) is 14.0. The second kappa shape index (κ2) is 7.86. The molecule has 0 atom stereocenters. The molecule has 0 aromatic heterocycles. The normalized spacial score (nSPS) is 13.9. The van der Waals surface area contributed by atoms with Crippen molar-refractivity contribution in [1.29, 1.82) is 0 Å². The van der Waals surface area contributed by atoms with Gasteiger partial charge < -0.3 is 14.8 Å². The molecular weight excluding hydrogens is 302 g/mol. The second-order valence-corrected chi connectivity index (χ2v) is 6.11. The minimum absolute atomic E-state index is 0.157. The minimum Gasteiger partial charge on any atom is -0.493 e. The number of amides is 1. The zero-order chi connectivity index (χ0) is 16.8. The molecule has 0 unspecified atom stereocenters. The van der Waals surface area contributed by atoms with E-state index < -0.39 is 0 Å². The van der Waals surface area contributed by atoms with E-state index in [1.807, 2.05) is 48.5 Å². The lowest BCUT2D eigenvalue weighted by Gasteiger charge is -2.24. The van der Waals surface area contributed by atoms with Gasteiger partial charge in [-0.25, -0.2) is 0 Å². The lowest BCUT2D eigenvalue weighted by molar-refractivity contribution is -0.127. The molecule has 1 aliphatic carbocycles. The van der Waals surface area contributed by atoms with Crippen molar-refractivity contribution in [3.05, 3.63) is 59.7 Å². The third-order valence-corrected chi connectivity index (χ3v) is 4.41. The Morgan fingerprint density at radius 2 is 1.88 bits per heavy atom. The monoisotopic (exact) mass is 325 g/mol. The summed E-state index contributed by atoms with van der Waals surface area (Å²) in [4.78, 5) is 11.9. The highest BCUT2D eigenvalue weighted by Gasteiger charge is 2.24. The van der Waals surface area contributed by atoms with Crippen LogP contribution in [0, 0.1) is 5.92 Å². The SMILES string of the molecule is COc1cc(CNC(=O)C2CCC2)ccc1OCc1ccccc1. The van der Waals surface area contributed by atoms with E-state index in [-0.39, 0.29) is 11.8 Å². The Morgan fingerprint density at radius 1 is 1.08 bits per heavy atom. The van der Waals surface area contributed by atoms with Crippen LogP contribution >= 0.6 is 0 Å². The molecule has 0 spiro atoms. The molecule has 4 heteroatoms. The fourth-order valence-corrected chi connectivity index (χ4v) is 2.68. The molecule has 3 rings (SSSR count). The number of ether oxygens (including phenoxy) is 2. The topological polar surface area (TPSA) is 47.6 Å². The fraction of sp³-hybridized carbons (Fsp3) is 0.350. The molecule has 0 saturated heterocycles. The van der Waals surface area contributed by atoms with Crippen molar-refractivity contribution in [3.63, 3.8) is 0 Å². The average Bonchev–Trinajstić information content (AvgIpc) is 2.58. The molecular formula is C20H23NO3. The lowest BCUT2D eigenvalue weighted by atomic mass is 9.85. The smallest absolute Gasteiger partial charge is 0.223 e. The number of nitrogens with one attached hydrogen (secondary N) is 1. The summed E-state index contributed by atoms with van der Waals surface area (Å²) in [5.41, 5.74) is 2.11. The van der Waals surface area contributed by atoms with Crippen LogP contribution in [-0.2, 0) is 17.9 Å². The molecule has 1 aliphatic rings. The van der Waals surface area contributed by atoms with Gasteiger partial charge in [0.2, 0.25) is 5.91 Å². The molecule has 0 heterocycles. The number of benzene rings is 2. The highest BCUT2D eigenvalue weighted by molar-refractivity contribution is 5.79. The van der Waals surface area contributed by atoms with Gasteiger partial charge in [-0.3, -0.25) is 4.79 Å². The van der Waals surface area contributed by atoms with E-state index in [0.717, 1.165) is 24.0 Å². The largest absolute Gasteiger partial charge is 0.493 e. The summed E-state index contributed by atoms with van der Waals surface area (Å²) in [6, 6.07) is 15.8. The van der Waals surface area contributed by atoms with E-state index in [2.05, 4.69) is 5.32 Å². The summed E-state index contributed by atoms with van der Waals surface area (Å²) in [5, 5.41) is 2.99. The number of hydrogen-bond acceptors (Lipinski definition) is 3. The minimum atomic E-state index is 0.157. The maximum atomic E-state index is 11.9. The highest BCUT2D eigenvalue weighted by atomic mass is 16.5. The van der Waals surface area contributed by atoms with Gasteiger partial charge in [-0.2, -0.15) is 0 Å². The van der Waals surface area contributed by atoms with Gasteiger partial charge in [-0.1, -0.05) is 42.8 Å². The van der Waals surface area contributed by atoms with E-state index >= 15 is 0 Å². The van der Waals surface area contributed by atoms with Crippen LogP contribution in [0.25, 0.3) is 0 Å². The highest BCUT2D eigenvalue weighted by Crippen LogP contribution is 2.29. The molecule has 0 radical (unpaired) electrons. The van der Waals surface area contributed by atoms with Crippen molar-refractivity contribution in [3.8, 4) is 11.5 Å². The number of hydrogen-bond donors (Lipinski definition) is 1. The standard InChI is InChI=1S/C20H23NO3/c1-23-19-12-16(13-21-20(22)17-8-5-9-17)10-11-18(19)24-14-15-6-3-2-4-7-15/h2-4,6-7,10-12,17H,5,8-9,13-14H2,1H3,(H,21,22). The first-order valence-corrected chi connectivity index (χ1v) is 8.37. The summed E-state index contributed by atoms with van der Waals surface area (Å²) in [7, 11) is 1.63. The molecule has 0 bridgehead atoms. The number of methoxy groups -OCH3 is 1. The van der Waals surface area contributed by atoms with Crippen LogP contribution in [0.3, 0.4) is 0 Å². The Kier molecular flexibility index (Phi) is 5.36. The van der Waals surface area contributed by atoms with Crippen molar-refractivity contribution in [2.45, 2.75) is 32.4 Å². The first-order chi connectivity index (χ1) is 11.8. The Labute approximate surface area is 142 Å². The van der Waals surface area contributed by atoms with Crippen LogP contribution in [0.2, 0.25) is 0 Å². The molecule has 4 nitrogen and oxygen atoms in total. The van der Waals surface area contributed by atoms with E-state index in [1.165, 1.54) is 6.42 Å². The molecule has 1 N–H and O–H groups in total. The molecule has 1 saturated carbocycles. The second-order valence-electron chi connectivity index (χ2n) is 6.11. The van der Waals surface area contributed by atoms with Crippen molar-refractivity contribution < 1.29 is 14.3 Å². The quantitative estimate of drug-likeness (QED) is 0.844. The van der Waals surface area contributed by atoms with E-state index in [0.29, 0.717) is 24.7 Å². The van der Waals surface area contributed by atoms with E-state index in [4.69, 9.17) is 9.47 Å². The summed E-state index contributed by atoms with van der Waals surface area (Å²) >= 11 is 0. The number of carbonyl (C=O) groups is 1. The van der Waals surface area contributed by atoms with E-state index in [1.54, 1.807) is 7.11 Å². The lowest BCUT2D eigenvalue weighted by Crippen LogP contribution is -2.33. The Hall–Kier alpha value is -2.49. The van der Waals surface area contributed by atoms with Gasteiger partial charge >= 0.3 is 0 Å². The third kappa shape index (κ3) is 4.07. The van der Waals surface area contributed by atoms with Crippen LogP contribution in [0.5, 0.6) is 11.5 Å². The van der Waals surface area contributed by atoms with Crippen LogP contribution in [0.1, 0.15) is 30.4 Å². The van der Waals surface area contributed by atoms with Crippen LogP contribution < -0.4 is 14.8 Å². The summed E-state index contributed by atoms with van der Waals surface area (Å²) in [6.07, 6.45) is 3.20. The van der Waals surface area contributed by atoms with Gasteiger partial charge in [0.15, 0.2) is 11.5 Å². The van der Waals surface area contributed by atoms with Gasteiger partial charge in [0, 0.05) is 12.5 Å². The maximum absolute atomic E-state index is 11.9. The Bertz CT molecular complexity index is 681. The average molecular weight is 325 g/mol. The molecule has 24 heavy (non-hydrogen) atoms. The van der Waals surface area contributed by atoms with Gasteiger partial charge in [0.1, 0.15) is 6.61 Å². The van der Waals surface area contributed by atoms with Crippen LogP contribution in [-0.4, -0.2) is 13.0 Å². The third-order valence-electron chi connectivity index (χ3n) is 4.41. The summed E-state index contributed by atoms with van der Waals surface area (Å²) in [5.74, 6) is 1.75. The first-order valence-electron chi connectivity index (χ1n) is 8.37. The molecule has 2 aromatic carbocycles. The van der Waals surface area contributed by atoms with Crippen LogP contribution in [0.4, 0.5) is 0 Å². The molecule has 2 aromatic rings. The molecule has 126 valence electrons. The van der Waals surface area contributed by atoms with E-state index in [9.17, 15) is 4.79 Å². The van der Waals surface area contributed by atoms with Crippen molar-refractivity contribution >= 4 is 5.91 Å². The Morgan fingerprint density at radius 3 is 2.54 bits per heavy atom. The van der Waals surface area contributed by atoms with Gasteiger partial charge in [0.05, 0.1) is 7.11 Å². The predicted molar refractivity (Wildman–Crippen MR) is 93.0 cm³/mol.